The van der Waals surface area contributed by atoms with Crippen molar-refractivity contribution in [2.75, 3.05) is 13.1 Å². The molecule has 5 heteroatoms. The molecule has 1 atom stereocenters. The van der Waals surface area contributed by atoms with Gasteiger partial charge in [0.2, 0.25) is 0 Å². The number of aryl methyl sites for hydroxylation is 2. The summed E-state index contributed by atoms with van der Waals surface area (Å²) in [4.78, 5) is 18.5. The van der Waals surface area contributed by atoms with Crippen molar-refractivity contribution < 1.29 is 9.53 Å². The third-order valence-corrected chi connectivity index (χ3v) is 4.82. The van der Waals surface area contributed by atoms with Gasteiger partial charge in [-0.05, 0) is 42.5 Å². The van der Waals surface area contributed by atoms with Gasteiger partial charge in [-0.1, -0.05) is 38.1 Å². The van der Waals surface area contributed by atoms with E-state index >= 15 is 0 Å². The summed E-state index contributed by atoms with van der Waals surface area (Å²) < 4.78 is 6.10. The van der Waals surface area contributed by atoms with E-state index in [1.165, 1.54) is 0 Å². The second kappa shape index (κ2) is 7.77. The quantitative estimate of drug-likeness (QED) is 0.888. The van der Waals surface area contributed by atoms with E-state index in [2.05, 4.69) is 24.1 Å². The number of hydrogen-bond donors (Lipinski definition) is 1. The Bertz CT molecular complexity index is 735. The Morgan fingerprint density at radius 3 is 2.46 bits per heavy atom. The molecule has 1 aliphatic heterocycles. The molecule has 0 spiro atoms. The van der Waals surface area contributed by atoms with Crippen LogP contribution in [0.5, 0.6) is 5.75 Å². The zero-order valence-corrected chi connectivity index (χ0v) is 15.9. The fourth-order valence-corrected chi connectivity index (χ4v) is 3.25. The van der Waals surface area contributed by atoms with Crippen molar-refractivity contribution in [1.82, 2.24) is 15.2 Å². The minimum Gasteiger partial charge on any atom is -0.486 e. The Morgan fingerprint density at radius 1 is 1.19 bits per heavy atom. The molecule has 1 saturated heterocycles. The molecule has 1 fully saturated rings. The van der Waals surface area contributed by atoms with Crippen LogP contribution in [0.2, 0.25) is 0 Å². The summed E-state index contributed by atoms with van der Waals surface area (Å²) in [7, 11) is 0. The SMILES string of the molecule is Cc1cccc(C)c1OC1CN(C(=O)N[C@H](c2cccnc2)C(C)C)C1. The van der Waals surface area contributed by atoms with Crippen LogP contribution in [0.3, 0.4) is 0 Å². The number of carbonyl (C=O) groups is 1. The molecular formula is C21H27N3O2. The molecule has 1 aromatic carbocycles. The van der Waals surface area contributed by atoms with Gasteiger partial charge in [-0.2, -0.15) is 0 Å². The number of pyridine rings is 1. The fourth-order valence-electron chi connectivity index (χ4n) is 3.25. The average Bonchev–Trinajstić information content (AvgIpc) is 2.58. The number of nitrogens with one attached hydrogen (secondary N) is 1. The number of rotatable bonds is 5. The van der Waals surface area contributed by atoms with Crippen molar-refractivity contribution in [3.63, 3.8) is 0 Å². The Kier molecular flexibility index (Phi) is 5.45. The lowest BCUT2D eigenvalue weighted by Crippen LogP contribution is -2.59. The molecule has 0 radical (unpaired) electrons. The summed E-state index contributed by atoms with van der Waals surface area (Å²) in [5.41, 5.74) is 3.29. The van der Waals surface area contributed by atoms with Gasteiger partial charge in [0.15, 0.2) is 0 Å². The van der Waals surface area contributed by atoms with Gasteiger partial charge in [0, 0.05) is 12.4 Å². The summed E-state index contributed by atoms with van der Waals surface area (Å²) >= 11 is 0. The summed E-state index contributed by atoms with van der Waals surface area (Å²) in [6, 6.07) is 9.93. The molecule has 2 heterocycles. The van der Waals surface area contributed by atoms with Crippen LogP contribution in [-0.4, -0.2) is 35.1 Å². The largest absolute Gasteiger partial charge is 0.486 e. The summed E-state index contributed by atoms with van der Waals surface area (Å²) in [6.45, 7) is 9.51. The number of nitrogens with zero attached hydrogens (tertiary/aromatic N) is 2. The smallest absolute Gasteiger partial charge is 0.318 e. The Morgan fingerprint density at radius 2 is 1.88 bits per heavy atom. The van der Waals surface area contributed by atoms with E-state index < -0.39 is 0 Å². The van der Waals surface area contributed by atoms with Gasteiger partial charge in [0.1, 0.15) is 11.9 Å². The van der Waals surface area contributed by atoms with Crippen LogP contribution in [-0.2, 0) is 0 Å². The number of urea groups is 1. The zero-order chi connectivity index (χ0) is 18.7. The van der Waals surface area contributed by atoms with E-state index in [1.54, 1.807) is 11.1 Å². The predicted octanol–water partition coefficient (Wildman–Crippen LogP) is 3.87. The van der Waals surface area contributed by atoms with Crippen LogP contribution in [0.25, 0.3) is 0 Å². The van der Waals surface area contributed by atoms with E-state index in [4.69, 9.17) is 4.74 Å². The van der Waals surface area contributed by atoms with E-state index in [9.17, 15) is 4.79 Å². The number of para-hydroxylation sites is 1. The topological polar surface area (TPSA) is 54.5 Å². The standard InChI is InChI=1S/C21H27N3O2/c1-14(2)19(17-9-6-10-22-11-17)23-21(25)24-12-18(13-24)26-20-15(3)7-5-8-16(20)4/h5-11,14,18-19H,12-13H2,1-4H3,(H,23,25)/t19-/m0/s1. The third kappa shape index (κ3) is 3.98. The highest BCUT2D eigenvalue weighted by Gasteiger charge is 2.34. The molecule has 0 aliphatic carbocycles. The van der Waals surface area contributed by atoms with Crippen LogP contribution in [0, 0.1) is 19.8 Å². The summed E-state index contributed by atoms with van der Waals surface area (Å²) in [6.07, 6.45) is 3.61. The monoisotopic (exact) mass is 353 g/mol. The van der Waals surface area contributed by atoms with Crippen LogP contribution in [0.1, 0.15) is 36.6 Å². The number of amides is 2. The van der Waals surface area contributed by atoms with Gasteiger partial charge in [0.05, 0.1) is 19.1 Å². The molecule has 26 heavy (non-hydrogen) atoms. The van der Waals surface area contributed by atoms with Gasteiger partial charge in [-0.25, -0.2) is 4.79 Å². The Labute approximate surface area is 155 Å². The third-order valence-electron chi connectivity index (χ3n) is 4.82. The summed E-state index contributed by atoms with van der Waals surface area (Å²) in [5.74, 6) is 1.22. The maximum absolute atomic E-state index is 12.6. The van der Waals surface area contributed by atoms with Gasteiger partial charge in [-0.3, -0.25) is 4.98 Å². The molecule has 1 N–H and O–H groups in total. The lowest BCUT2D eigenvalue weighted by atomic mass is 9.97. The van der Waals surface area contributed by atoms with Crippen molar-refractivity contribution in [3.8, 4) is 5.75 Å². The molecule has 2 aromatic rings. The number of aromatic nitrogens is 1. The van der Waals surface area contributed by atoms with Crippen LogP contribution >= 0.6 is 0 Å². The second-order valence-corrected chi connectivity index (χ2v) is 7.32. The number of hydrogen-bond acceptors (Lipinski definition) is 3. The minimum absolute atomic E-state index is 0.0465. The number of benzene rings is 1. The van der Waals surface area contributed by atoms with Crippen LogP contribution < -0.4 is 10.1 Å². The molecule has 1 aromatic heterocycles. The average molecular weight is 353 g/mol. The molecule has 0 unspecified atom stereocenters. The first-order valence-electron chi connectivity index (χ1n) is 9.14. The molecule has 0 bridgehead atoms. The number of carbonyl (C=O) groups excluding carboxylic acids is 1. The first-order chi connectivity index (χ1) is 12.5. The molecule has 0 saturated carbocycles. The van der Waals surface area contributed by atoms with Gasteiger partial charge in [0.25, 0.3) is 0 Å². The maximum atomic E-state index is 12.6. The van der Waals surface area contributed by atoms with Gasteiger partial charge in [-0.15, -0.1) is 0 Å². The molecular weight excluding hydrogens is 326 g/mol. The number of likely N-dealkylation sites (tertiary alicyclic amines) is 1. The van der Waals surface area contributed by atoms with Crippen molar-refractivity contribution >= 4 is 6.03 Å². The molecule has 3 rings (SSSR count). The Balaban J connectivity index is 1.56. The van der Waals surface area contributed by atoms with E-state index in [1.807, 2.05) is 50.4 Å². The molecule has 2 amide bonds. The van der Waals surface area contributed by atoms with E-state index in [0.29, 0.717) is 13.1 Å². The van der Waals surface area contributed by atoms with Crippen molar-refractivity contribution in [1.29, 1.82) is 0 Å². The van der Waals surface area contributed by atoms with Crippen molar-refractivity contribution in [3.05, 3.63) is 59.4 Å². The van der Waals surface area contributed by atoms with Crippen molar-refractivity contribution in [2.24, 2.45) is 5.92 Å². The van der Waals surface area contributed by atoms with E-state index in [0.717, 1.165) is 22.4 Å². The Hall–Kier alpha value is -2.56. The van der Waals surface area contributed by atoms with Crippen LogP contribution in [0.4, 0.5) is 4.79 Å². The predicted molar refractivity (Wildman–Crippen MR) is 102 cm³/mol. The highest BCUT2D eigenvalue weighted by molar-refractivity contribution is 5.75. The fraction of sp³-hybridized carbons (Fsp3) is 0.429. The van der Waals surface area contributed by atoms with Gasteiger partial charge < -0.3 is 15.0 Å². The molecule has 138 valence electrons. The highest BCUT2D eigenvalue weighted by atomic mass is 16.5. The van der Waals surface area contributed by atoms with Crippen molar-refractivity contribution in [2.45, 2.75) is 39.8 Å². The maximum Gasteiger partial charge on any atom is 0.318 e. The van der Waals surface area contributed by atoms with E-state index in [-0.39, 0.29) is 24.1 Å². The number of ether oxygens (including phenoxy) is 1. The normalized spacial score (nSPS) is 15.5. The molecule has 5 nitrogen and oxygen atoms in total. The minimum atomic E-state index is -0.0473. The first kappa shape index (κ1) is 18.2. The van der Waals surface area contributed by atoms with Gasteiger partial charge >= 0.3 is 6.03 Å². The highest BCUT2D eigenvalue weighted by Crippen LogP contribution is 2.27. The molecule has 1 aliphatic rings. The second-order valence-electron chi connectivity index (χ2n) is 7.32. The van der Waals surface area contributed by atoms with Crippen LogP contribution in [0.15, 0.2) is 42.7 Å². The lowest BCUT2D eigenvalue weighted by Gasteiger charge is -2.40. The summed E-state index contributed by atoms with van der Waals surface area (Å²) in [5, 5.41) is 3.13. The first-order valence-corrected chi connectivity index (χ1v) is 9.14. The zero-order valence-electron chi connectivity index (χ0n) is 15.9. The lowest BCUT2D eigenvalue weighted by molar-refractivity contribution is 0.0419.